The monoisotopic (exact) mass is 220 g/mol. The first-order valence-corrected chi connectivity index (χ1v) is 6.70. The maximum atomic E-state index is 11.7. The van der Waals surface area contributed by atoms with E-state index in [-0.39, 0.29) is 0 Å². The second-order valence-corrected chi connectivity index (χ2v) is 6.08. The van der Waals surface area contributed by atoms with Crippen molar-refractivity contribution in [1.82, 2.24) is 0 Å². The number of rotatable bonds is 2. The van der Waals surface area contributed by atoms with E-state index in [0.717, 1.165) is 12.3 Å². The van der Waals surface area contributed by atoms with Gasteiger partial charge in [-0.15, -0.1) is 0 Å². The van der Waals surface area contributed by atoms with Gasteiger partial charge in [0.05, 0.1) is 0 Å². The Labute approximate surface area is 99.3 Å². The van der Waals surface area contributed by atoms with Crippen LogP contribution in [-0.4, -0.2) is 5.78 Å². The molecule has 2 fully saturated rings. The van der Waals surface area contributed by atoms with Crippen molar-refractivity contribution in [3.05, 3.63) is 12.2 Å². The fraction of sp³-hybridized carbons (Fsp3) is 0.800. The highest BCUT2D eigenvalue weighted by Gasteiger charge is 2.46. The van der Waals surface area contributed by atoms with Crippen LogP contribution in [0.25, 0.3) is 0 Å². The fourth-order valence-corrected chi connectivity index (χ4v) is 4.08. The summed E-state index contributed by atoms with van der Waals surface area (Å²) in [5.41, 5.74) is 1.42. The Hall–Kier alpha value is -0.590. The summed E-state index contributed by atoms with van der Waals surface area (Å²) in [6, 6.07) is 0. The van der Waals surface area contributed by atoms with Crippen molar-refractivity contribution in [2.45, 2.75) is 46.5 Å². The van der Waals surface area contributed by atoms with E-state index in [4.69, 9.17) is 0 Å². The lowest BCUT2D eigenvalue weighted by Gasteiger charge is -2.40. The molecule has 90 valence electrons. The number of allylic oxidation sites excluding steroid dienone is 1. The molecule has 16 heavy (non-hydrogen) atoms. The third-order valence-electron chi connectivity index (χ3n) is 4.91. The average Bonchev–Trinajstić information content (AvgIpc) is 2.62. The first-order valence-electron chi connectivity index (χ1n) is 6.70. The molecule has 0 N–H and O–H groups in total. The molecule has 0 saturated heterocycles. The van der Waals surface area contributed by atoms with Gasteiger partial charge in [0.15, 0.2) is 0 Å². The minimum absolute atomic E-state index is 0.328. The highest BCUT2D eigenvalue weighted by Crippen LogP contribution is 2.52. The maximum Gasteiger partial charge on any atom is 0.133 e. The number of carbonyl (C=O) groups excluding carboxylic acids is 1. The van der Waals surface area contributed by atoms with E-state index < -0.39 is 0 Å². The van der Waals surface area contributed by atoms with Gasteiger partial charge < -0.3 is 0 Å². The molecule has 0 spiro atoms. The van der Waals surface area contributed by atoms with Crippen LogP contribution in [0.2, 0.25) is 0 Å². The standard InChI is InChI=1S/C15H24O/c1-9(2)12-6-5-10(3)13-7-8-14(11(4)16)15(12)13/h9,12-15H,3,5-8H2,1-2,4H3. The van der Waals surface area contributed by atoms with Gasteiger partial charge in [0.25, 0.3) is 0 Å². The van der Waals surface area contributed by atoms with Crippen LogP contribution in [0.5, 0.6) is 0 Å². The van der Waals surface area contributed by atoms with Gasteiger partial charge in [-0.25, -0.2) is 0 Å². The topological polar surface area (TPSA) is 17.1 Å². The molecule has 0 aromatic rings. The summed E-state index contributed by atoms with van der Waals surface area (Å²) in [5, 5.41) is 0. The van der Waals surface area contributed by atoms with Gasteiger partial charge in [0.1, 0.15) is 5.78 Å². The Balaban J connectivity index is 2.25. The highest BCUT2D eigenvalue weighted by molar-refractivity contribution is 5.79. The predicted molar refractivity (Wildman–Crippen MR) is 67.1 cm³/mol. The van der Waals surface area contributed by atoms with Gasteiger partial charge in [-0.2, -0.15) is 0 Å². The van der Waals surface area contributed by atoms with Gasteiger partial charge in [-0.05, 0) is 56.3 Å². The third-order valence-corrected chi connectivity index (χ3v) is 4.91. The molecule has 2 saturated carbocycles. The SMILES string of the molecule is C=C1CCC(C(C)C)C2C1CCC2C(C)=O. The van der Waals surface area contributed by atoms with Gasteiger partial charge in [-0.3, -0.25) is 4.79 Å². The number of carbonyl (C=O) groups is 1. The lowest BCUT2D eigenvalue weighted by atomic mass is 9.64. The van der Waals surface area contributed by atoms with Crippen LogP contribution in [0.15, 0.2) is 12.2 Å². The third kappa shape index (κ3) is 1.85. The van der Waals surface area contributed by atoms with Crippen molar-refractivity contribution in [3.8, 4) is 0 Å². The highest BCUT2D eigenvalue weighted by atomic mass is 16.1. The molecule has 0 heterocycles. The van der Waals surface area contributed by atoms with Crippen LogP contribution in [0.1, 0.15) is 46.5 Å². The fourth-order valence-electron chi connectivity index (χ4n) is 4.08. The van der Waals surface area contributed by atoms with E-state index in [0.29, 0.717) is 29.5 Å². The Morgan fingerprint density at radius 3 is 2.56 bits per heavy atom. The molecule has 2 aliphatic rings. The first-order chi connectivity index (χ1) is 7.52. The van der Waals surface area contributed by atoms with E-state index in [1.807, 2.05) is 0 Å². The summed E-state index contributed by atoms with van der Waals surface area (Å²) in [7, 11) is 0. The van der Waals surface area contributed by atoms with E-state index in [1.54, 1.807) is 6.92 Å². The summed E-state index contributed by atoms with van der Waals surface area (Å²) in [6.45, 7) is 10.6. The van der Waals surface area contributed by atoms with Crippen molar-refractivity contribution < 1.29 is 4.79 Å². The predicted octanol–water partition coefficient (Wildman–Crippen LogP) is 3.84. The molecule has 1 nitrogen and oxygen atoms in total. The van der Waals surface area contributed by atoms with Gasteiger partial charge in [0, 0.05) is 5.92 Å². The van der Waals surface area contributed by atoms with E-state index in [9.17, 15) is 4.79 Å². The molecule has 4 unspecified atom stereocenters. The number of hydrogen-bond donors (Lipinski definition) is 0. The van der Waals surface area contributed by atoms with E-state index in [2.05, 4.69) is 20.4 Å². The Bertz CT molecular complexity index is 297. The first kappa shape index (κ1) is 11.9. The smallest absolute Gasteiger partial charge is 0.133 e. The van der Waals surface area contributed by atoms with Gasteiger partial charge in [-0.1, -0.05) is 26.0 Å². The molecule has 0 aliphatic heterocycles. The zero-order valence-corrected chi connectivity index (χ0v) is 10.8. The molecule has 0 aromatic heterocycles. The van der Waals surface area contributed by atoms with Crippen molar-refractivity contribution in [1.29, 1.82) is 0 Å². The van der Waals surface area contributed by atoms with Gasteiger partial charge >= 0.3 is 0 Å². The number of hydrogen-bond acceptors (Lipinski definition) is 1. The lowest BCUT2D eigenvalue weighted by molar-refractivity contribution is -0.123. The molecule has 1 heteroatoms. The minimum Gasteiger partial charge on any atom is -0.300 e. The largest absolute Gasteiger partial charge is 0.300 e. The lowest BCUT2D eigenvalue weighted by Crippen LogP contribution is -2.35. The second-order valence-electron chi connectivity index (χ2n) is 6.08. The number of Topliss-reactive ketones (excluding diaryl/α,β-unsaturated/α-hetero) is 1. The van der Waals surface area contributed by atoms with Crippen molar-refractivity contribution >= 4 is 5.78 Å². The maximum absolute atomic E-state index is 11.7. The van der Waals surface area contributed by atoms with Crippen LogP contribution in [0, 0.1) is 29.6 Å². The summed E-state index contributed by atoms with van der Waals surface area (Å²) < 4.78 is 0. The van der Waals surface area contributed by atoms with E-state index in [1.165, 1.54) is 24.8 Å². The summed E-state index contributed by atoms with van der Waals surface area (Å²) >= 11 is 0. The van der Waals surface area contributed by atoms with Crippen LogP contribution in [0.4, 0.5) is 0 Å². The van der Waals surface area contributed by atoms with Gasteiger partial charge in [0.2, 0.25) is 0 Å². The van der Waals surface area contributed by atoms with E-state index >= 15 is 0 Å². The Morgan fingerprint density at radius 1 is 1.31 bits per heavy atom. The Kier molecular flexibility index (Phi) is 3.23. The molecule has 0 amide bonds. The molecule has 2 aliphatic carbocycles. The molecule has 4 atom stereocenters. The molecule has 0 radical (unpaired) electrons. The van der Waals surface area contributed by atoms with Crippen LogP contribution < -0.4 is 0 Å². The van der Waals surface area contributed by atoms with Crippen LogP contribution in [-0.2, 0) is 4.79 Å². The normalized spacial score (nSPS) is 38.9. The zero-order chi connectivity index (χ0) is 11.9. The zero-order valence-electron chi connectivity index (χ0n) is 10.8. The van der Waals surface area contributed by atoms with Crippen molar-refractivity contribution in [3.63, 3.8) is 0 Å². The minimum atomic E-state index is 0.328. The number of ketones is 1. The number of fused-ring (bicyclic) bond motifs is 1. The molecule has 0 bridgehead atoms. The molecular formula is C15H24O. The summed E-state index contributed by atoms with van der Waals surface area (Å²) in [6.07, 6.45) is 4.75. The quantitative estimate of drug-likeness (QED) is 0.646. The summed E-state index contributed by atoms with van der Waals surface area (Å²) in [5.74, 6) is 3.45. The molecule has 0 aromatic carbocycles. The average molecular weight is 220 g/mol. The Morgan fingerprint density at radius 2 is 2.00 bits per heavy atom. The van der Waals surface area contributed by atoms with Crippen LogP contribution >= 0.6 is 0 Å². The molecular weight excluding hydrogens is 196 g/mol. The van der Waals surface area contributed by atoms with Crippen LogP contribution in [0.3, 0.4) is 0 Å². The second kappa shape index (κ2) is 4.35. The summed E-state index contributed by atoms with van der Waals surface area (Å²) in [4.78, 5) is 11.7. The van der Waals surface area contributed by atoms with Crippen molar-refractivity contribution in [2.24, 2.45) is 29.6 Å². The molecule has 2 rings (SSSR count). The van der Waals surface area contributed by atoms with Crippen molar-refractivity contribution in [2.75, 3.05) is 0 Å².